The second kappa shape index (κ2) is 7.32. The molecule has 0 aliphatic rings. The van der Waals surface area contributed by atoms with E-state index in [1.165, 1.54) is 23.4 Å². The van der Waals surface area contributed by atoms with Crippen LogP contribution in [0.5, 0.6) is 0 Å². The molecule has 0 saturated carbocycles. The van der Waals surface area contributed by atoms with E-state index in [9.17, 15) is 4.39 Å². The van der Waals surface area contributed by atoms with E-state index in [1.807, 2.05) is 0 Å². The summed E-state index contributed by atoms with van der Waals surface area (Å²) in [4.78, 5) is 4.25. The first-order chi connectivity index (χ1) is 10.1. The smallest absolute Gasteiger partial charge is 0.141 e. The maximum absolute atomic E-state index is 13.1. The van der Waals surface area contributed by atoms with Crippen molar-refractivity contribution in [2.75, 3.05) is 0 Å². The Kier molecular flexibility index (Phi) is 5.45. The molecule has 0 radical (unpaired) electrons. The Bertz CT molecular complexity index is 564. The van der Waals surface area contributed by atoms with Crippen LogP contribution >= 0.6 is 0 Å². The molecule has 1 heterocycles. The van der Waals surface area contributed by atoms with Crippen molar-refractivity contribution in [1.29, 1.82) is 0 Å². The monoisotopic (exact) mass is 286 g/mol. The minimum absolute atomic E-state index is 0.0117. The van der Waals surface area contributed by atoms with Crippen molar-refractivity contribution in [3.8, 4) is 0 Å². The third-order valence-electron chi connectivity index (χ3n) is 3.37. The van der Waals surface area contributed by atoms with Gasteiger partial charge in [0.2, 0.25) is 0 Å². The highest BCUT2D eigenvalue weighted by Gasteiger charge is 2.16. The summed E-state index contributed by atoms with van der Waals surface area (Å²) in [5, 5.41) is 3.52. The minimum atomic E-state index is -0.304. The number of rotatable bonds is 6. The van der Waals surface area contributed by atoms with E-state index in [0.29, 0.717) is 6.04 Å². The number of hydrogen-bond donors (Lipinski definition) is 1. The molecule has 0 fully saturated rings. The van der Waals surface area contributed by atoms with Crippen LogP contribution in [0.4, 0.5) is 4.39 Å². The van der Waals surface area contributed by atoms with Gasteiger partial charge in [-0.15, -0.1) is 0 Å². The lowest BCUT2D eigenvalue weighted by atomic mass is 9.98. The van der Waals surface area contributed by atoms with E-state index < -0.39 is 0 Å². The Morgan fingerprint density at radius 1 is 1.19 bits per heavy atom. The molecule has 0 aliphatic heterocycles. The van der Waals surface area contributed by atoms with Crippen molar-refractivity contribution in [3.63, 3.8) is 0 Å². The van der Waals surface area contributed by atoms with Gasteiger partial charge in [-0.2, -0.15) is 0 Å². The van der Waals surface area contributed by atoms with Gasteiger partial charge < -0.3 is 5.32 Å². The predicted molar refractivity (Wildman–Crippen MR) is 84.7 cm³/mol. The van der Waals surface area contributed by atoms with Crippen LogP contribution in [-0.2, 0) is 6.42 Å². The fraction of sp³-hybridized carbons (Fsp3) is 0.389. The van der Waals surface area contributed by atoms with Gasteiger partial charge in [0.05, 0.1) is 17.9 Å². The largest absolute Gasteiger partial charge is 0.303 e. The molecule has 1 unspecified atom stereocenters. The highest BCUT2D eigenvalue weighted by atomic mass is 19.1. The molecular formula is C18H23FN2. The average molecular weight is 286 g/mol. The normalized spacial score (nSPS) is 12.6. The zero-order valence-corrected chi connectivity index (χ0v) is 12.9. The topological polar surface area (TPSA) is 24.9 Å². The van der Waals surface area contributed by atoms with Crippen molar-refractivity contribution in [3.05, 3.63) is 65.2 Å². The molecule has 0 amide bonds. The second-order valence-electron chi connectivity index (χ2n) is 5.65. The van der Waals surface area contributed by atoms with Crippen molar-refractivity contribution in [1.82, 2.24) is 10.3 Å². The molecule has 2 nitrogen and oxygen atoms in total. The van der Waals surface area contributed by atoms with Gasteiger partial charge in [0.15, 0.2) is 0 Å². The summed E-state index contributed by atoms with van der Waals surface area (Å²) < 4.78 is 13.1. The number of benzene rings is 1. The standard InChI is InChI=1S/C18H23FN2/c1-4-6-14-7-5-8-15(11-14)18(21-13(2)3)17-10-9-16(19)12-20-17/h5,7-13,18,21H,4,6H2,1-3H3. The molecule has 0 saturated heterocycles. The highest BCUT2D eigenvalue weighted by Crippen LogP contribution is 2.22. The summed E-state index contributed by atoms with van der Waals surface area (Å²) in [6.07, 6.45) is 3.47. The molecule has 2 rings (SSSR count). The second-order valence-corrected chi connectivity index (χ2v) is 5.65. The van der Waals surface area contributed by atoms with Gasteiger partial charge in [-0.1, -0.05) is 37.6 Å². The van der Waals surface area contributed by atoms with Gasteiger partial charge in [0.1, 0.15) is 5.82 Å². The average Bonchev–Trinajstić information content (AvgIpc) is 2.46. The van der Waals surface area contributed by atoms with Crippen LogP contribution in [0, 0.1) is 5.82 Å². The number of halogens is 1. The molecular weight excluding hydrogens is 263 g/mol. The van der Waals surface area contributed by atoms with Crippen molar-refractivity contribution < 1.29 is 4.39 Å². The van der Waals surface area contributed by atoms with E-state index in [-0.39, 0.29) is 11.9 Å². The summed E-state index contributed by atoms with van der Waals surface area (Å²) in [5.74, 6) is -0.304. The summed E-state index contributed by atoms with van der Waals surface area (Å²) in [6.45, 7) is 6.39. The zero-order chi connectivity index (χ0) is 15.2. The van der Waals surface area contributed by atoms with E-state index >= 15 is 0 Å². The maximum Gasteiger partial charge on any atom is 0.141 e. The van der Waals surface area contributed by atoms with Crippen LogP contribution in [0.2, 0.25) is 0 Å². The van der Waals surface area contributed by atoms with Gasteiger partial charge in [0, 0.05) is 6.04 Å². The van der Waals surface area contributed by atoms with Crippen molar-refractivity contribution in [2.24, 2.45) is 0 Å². The Morgan fingerprint density at radius 2 is 2.00 bits per heavy atom. The van der Waals surface area contributed by atoms with Crippen molar-refractivity contribution >= 4 is 0 Å². The van der Waals surface area contributed by atoms with Crippen LogP contribution in [0.25, 0.3) is 0 Å². The van der Waals surface area contributed by atoms with E-state index in [0.717, 1.165) is 18.5 Å². The maximum atomic E-state index is 13.1. The lowest BCUT2D eigenvalue weighted by Crippen LogP contribution is -2.29. The third kappa shape index (κ3) is 4.36. The molecule has 1 aromatic heterocycles. The molecule has 0 aliphatic carbocycles. The first-order valence-corrected chi connectivity index (χ1v) is 7.56. The zero-order valence-electron chi connectivity index (χ0n) is 12.9. The highest BCUT2D eigenvalue weighted by molar-refractivity contribution is 5.31. The molecule has 112 valence electrons. The van der Waals surface area contributed by atoms with Gasteiger partial charge in [-0.05, 0) is 43.5 Å². The van der Waals surface area contributed by atoms with Crippen molar-refractivity contribution in [2.45, 2.75) is 45.7 Å². The number of hydrogen-bond acceptors (Lipinski definition) is 2. The lowest BCUT2D eigenvalue weighted by Gasteiger charge is -2.22. The first kappa shape index (κ1) is 15.6. The quantitative estimate of drug-likeness (QED) is 0.858. The molecule has 3 heteroatoms. The predicted octanol–water partition coefficient (Wildman–Crippen LogP) is 4.26. The molecule has 0 bridgehead atoms. The Balaban J connectivity index is 2.35. The number of pyridine rings is 1. The van der Waals surface area contributed by atoms with Gasteiger partial charge in [-0.25, -0.2) is 4.39 Å². The van der Waals surface area contributed by atoms with Crippen LogP contribution < -0.4 is 5.32 Å². The summed E-state index contributed by atoms with van der Waals surface area (Å²) >= 11 is 0. The number of nitrogens with zero attached hydrogens (tertiary/aromatic N) is 1. The Labute approximate surface area is 126 Å². The number of aryl methyl sites for hydroxylation is 1. The molecule has 1 N–H and O–H groups in total. The van der Waals surface area contributed by atoms with E-state index in [4.69, 9.17) is 0 Å². The SMILES string of the molecule is CCCc1cccc(C(NC(C)C)c2ccc(F)cn2)c1. The summed E-state index contributed by atoms with van der Waals surface area (Å²) in [7, 11) is 0. The van der Waals surface area contributed by atoms with Crippen LogP contribution in [0.15, 0.2) is 42.6 Å². The molecule has 1 aromatic carbocycles. The number of nitrogens with one attached hydrogen (secondary N) is 1. The van der Waals surface area contributed by atoms with Gasteiger partial charge >= 0.3 is 0 Å². The fourth-order valence-corrected chi connectivity index (χ4v) is 2.46. The number of aromatic nitrogens is 1. The molecule has 21 heavy (non-hydrogen) atoms. The van der Waals surface area contributed by atoms with Gasteiger partial charge in [-0.3, -0.25) is 4.98 Å². The van der Waals surface area contributed by atoms with Gasteiger partial charge in [0.25, 0.3) is 0 Å². The molecule has 0 spiro atoms. The summed E-state index contributed by atoms with van der Waals surface area (Å²) in [5.41, 5.74) is 3.35. The minimum Gasteiger partial charge on any atom is -0.303 e. The van der Waals surface area contributed by atoms with Crippen LogP contribution in [-0.4, -0.2) is 11.0 Å². The fourth-order valence-electron chi connectivity index (χ4n) is 2.46. The molecule has 2 aromatic rings. The molecule has 1 atom stereocenters. The van der Waals surface area contributed by atoms with Crippen LogP contribution in [0.1, 0.15) is 50.1 Å². The van der Waals surface area contributed by atoms with E-state index in [1.54, 1.807) is 6.07 Å². The summed E-state index contributed by atoms with van der Waals surface area (Å²) in [6, 6.07) is 12.1. The Hall–Kier alpha value is -1.74. The lowest BCUT2D eigenvalue weighted by molar-refractivity contribution is 0.517. The Morgan fingerprint density at radius 3 is 2.62 bits per heavy atom. The van der Waals surface area contributed by atoms with Crippen LogP contribution in [0.3, 0.4) is 0 Å². The third-order valence-corrected chi connectivity index (χ3v) is 3.37. The first-order valence-electron chi connectivity index (χ1n) is 7.56. The van der Waals surface area contributed by atoms with E-state index in [2.05, 4.69) is 55.3 Å².